The average molecular weight is 637 g/mol. The first-order chi connectivity index (χ1) is 18.4. The number of nitrogens with one attached hydrogen (secondary N) is 1. The third-order valence-corrected chi connectivity index (χ3v) is 8.45. The van der Waals surface area contributed by atoms with Gasteiger partial charge in [-0.3, -0.25) is 13.9 Å². The van der Waals surface area contributed by atoms with Gasteiger partial charge >= 0.3 is 0 Å². The van der Waals surface area contributed by atoms with Crippen molar-refractivity contribution in [2.24, 2.45) is 0 Å². The van der Waals surface area contributed by atoms with Gasteiger partial charge in [-0.25, -0.2) is 8.42 Å². The number of amides is 2. The van der Waals surface area contributed by atoms with Crippen molar-refractivity contribution in [1.82, 2.24) is 10.2 Å². The van der Waals surface area contributed by atoms with E-state index in [2.05, 4.69) is 21.2 Å². The Kier molecular flexibility index (Phi) is 10.4. The molecule has 3 rings (SSSR count). The number of hydrogen-bond acceptors (Lipinski definition) is 5. The monoisotopic (exact) mass is 635 g/mol. The molecule has 0 fully saturated rings. The van der Waals surface area contributed by atoms with Gasteiger partial charge in [0.1, 0.15) is 18.3 Å². The summed E-state index contributed by atoms with van der Waals surface area (Å²) in [4.78, 5) is 28.3. The predicted octanol–water partition coefficient (Wildman–Crippen LogP) is 5.25. The average Bonchev–Trinajstić information content (AvgIpc) is 2.90. The maximum atomic E-state index is 13.9. The van der Waals surface area contributed by atoms with Crippen LogP contribution in [0.25, 0.3) is 0 Å². The molecule has 0 radical (unpaired) electrons. The van der Waals surface area contributed by atoms with Crippen LogP contribution < -0.4 is 14.4 Å². The molecular formula is C28H31BrClN3O5S. The summed E-state index contributed by atoms with van der Waals surface area (Å²) in [5.41, 5.74) is 0.951. The lowest BCUT2D eigenvalue weighted by Crippen LogP contribution is -2.52. The molecule has 1 atom stereocenters. The van der Waals surface area contributed by atoms with Gasteiger partial charge in [0.2, 0.25) is 11.8 Å². The molecule has 0 aliphatic heterocycles. The van der Waals surface area contributed by atoms with E-state index >= 15 is 0 Å². The number of benzene rings is 3. The van der Waals surface area contributed by atoms with E-state index < -0.39 is 28.5 Å². The molecule has 0 bridgehead atoms. The molecular weight excluding hydrogens is 606 g/mol. The van der Waals surface area contributed by atoms with Crippen molar-refractivity contribution in [3.8, 4) is 5.75 Å². The van der Waals surface area contributed by atoms with Crippen LogP contribution in [0.4, 0.5) is 5.69 Å². The van der Waals surface area contributed by atoms with E-state index in [4.69, 9.17) is 16.3 Å². The molecule has 8 nitrogen and oxygen atoms in total. The number of rotatable bonds is 11. The summed E-state index contributed by atoms with van der Waals surface area (Å²) in [6.07, 6.45) is 0. The quantitative estimate of drug-likeness (QED) is 0.310. The lowest BCUT2D eigenvalue weighted by molar-refractivity contribution is -0.139. The van der Waals surface area contributed by atoms with Crippen LogP contribution in [0.1, 0.15) is 26.3 Å². The second-order valence-corrected chi connectivity index (χ2v) is 12.3. The minimum atomic E-state index is -4.19. The number of carbonyl (C=O) groups excluding carboxylic acids is 2. The van der Waals surface area contributed by atoms with Gasteiger partial charge in [0.15, 0.2) is 0 Å². The molecule has 0 aromatic heterocycles. The van der Waals surface area contributed by atoms with Crippen molar-refractivity contribution in [1.29, 1.82) is 0 Å². The van der Waals surface area contributed by atoms with Gasteiger partial charge in [-0.15, -0.1) is 0 Å². The summed E-state index contributed by atoms with van der Waals surface area (Å²) in [5, 5.41) is 3.02. The first kappa shape index (κ1) is 30.5. The van der Waals surface area contributed by atoms with Gasteiger partial charge in [-0.05, 0) is 68.8 Å². The minimum Gasteiger partial charge on any atom is -0.495 e. The molecule has 0 aliphatic rings. The zero-order valence-corrected chi connectivity index (χ0v) is 25.3. The highest BCUT2D eigenvalue weighted by atomic mass is 79.9. The summed E-state index contributed by atoms with van der Waals surface area (Å²) in [6, 6.07) is 18.6. The van der Waals surface area contributed by atoms with Gasteiger partial charge in [0, 0.05) is 17.1 Å². The van der Waals surface area contributed by atoms with Gasteiger partial charge < -0.3 is 15.0 Å². The fourth-order valence-electron chi connectivity index (χ4n) is 3.88. The van der Waals surface area contributed by atoms with Crippen LogP contribution in [0.5, 0.6) is 5.75 Å². The molecule has 0 saturated heterocycles. The van der Waals surface area contributed by atoms with Crippen LogP contribution in [0.15, 0.2) is 82.2 Å². The van der Waals surface area contributed by atoms with Crippen LogP contribution in [-0.4, -0.2) is 50.9 Å². The number of carbonyl (C=O) groups is 2. The molecule has 0 unspecified atom stereocenters. The molecule has 0 aliphatic carbocycles. The second-order valence-electron chi connectivity index (χ2n) is 9.13. The van der Waals surface area contributed by atoms with E-state index in [-0.39, 0.29) is 34.1 Å². The summed E-state index contributed by atoms with van der Waals surface area (Å²) >= 11 is 9.77. The van der Waals surface area contributed by atoms with Crippen LogP contribution in [0.3, 0.4) is 0 Å². The zero-order chi connectivity index (χ0) is 28.7. The molecule has 3 aromatic rings. The van der Waals surface area contributed by atoms with Gasteiger partial charge in [-0.2, -0.15) is 0 Å². The number of nitrogens with zero attached hydrogens (tertiary/aromatic N) is 2. The van der Waals surface area contributed by atoms with E-state index in [1.165, 1.54) is 42.3 Å². The highest BCUT2D eigenvalue weighted by Crippen LogP contribution is 2.32. The fraction of sp³-hybridized carbons (Fsp3) is 0.286. The standard InChI is InChI=1S/C28H31BrClN3O5S/c1-19(2)31-28(35)20(3)32(17-21-9-8-10-22(29)15-21)27(34)18-33(23-13-14-26(38-4)25(30)16-23)39(36,37)24-11-6-5-7-12-24/h5-16,19-20H,17-18H2,1-4H3,(H,31,35)/t20-/m1/s1. The molecule has 3 aromatic carbocycles. The first-order valence-electron chi connectivity index (χ1n) is 12.2. The zero-order valence-electron chi connectivity index (χ0n) is 22.1. The fourth-order valence-corrected chi connectivity index (χ4v) is 6.00. The minimum absolute atomic E-state index is 0.00822. The van der Waals surface area contributed by atoms with Crippen molar-refractivity contribution >= 4 is 55.1 Å². The third kappa shape index (κ3) is 7.74. The smallest absolute Gasteiger partial charge is 0.264 e. The number of halogens is 2. The van der Waals surface area contributed by atoms with Gasteiger partial charge in [0.05, 0.1) is 22.7 Å². The highest BCUT2D eigenvalue weighted by molar-refractivity contribution is 9.10. The van der Waals surface area contributed by atoms with E-state index in [1.54, 1.807) is 25.1 Å². The summed E-state index contributed by atoms with van der Waals surface area (Å²) in [5.74, 6) is -0.551. The third-order valence-electron chi connectivity index (χ3n) is 5.87. The van der Waals surface area contributed by atoms with Crippen LogP contribution in [0, 0.1) is 0 Å². The van der Waals surface area contributed by atoms with E-state index in [1.807, 2.05) is 38.1 Å². The van der Waals surface area contributed by atoms with Crippen molar-refractivity contribution in [3.63, 3.8) is 0 Å². The Bertz CT molecular complexity index is 1420. The van der Waals surface area contributed by atoms with Crippen molar-refractivity contribution in [2.75, 3.05) is 18.0 Å². The van der Waals surface area contributed by atoms with Crippen molar-refractivity contribution in [2.45, 2.75) is 44.3 Å². The molecule has 208 valence electrons. The Morgan fingerprint density at radius 3 is 2.28 bits per heavy atom. The number of ether oxygens (including phenoxy) is 1. The van der Waals surface area contributed by atoms with Gasteiger partial charge in [0.25, 0.3) is 10.0 Å². The summed E-state index contributed by atoms with van der Waals surface area (Å²) in [7, 11) is -2.73. The highest BCUT2D eigenvalue weighted by Gasteiger charge is 2.33. The molecule has 2 amide bonds. The van der Waals surface area contributed by atoms with E-state index in [0.29, 0.717) is 5.75 Å². The number of hydrogen-bond donors (Lipinski definition) is 1. The molecule has 1 N–H and O–H groups in total. The summed E-state index contributed by atoms with van der Waals surface area (Å²) < 4.78 is 34.6. The lowest BCUT2D eigenvalue weighted by Gasteiger charge is -2.32. The van der Waals surface area contributed by atoms with Gasteiger partial charge in [-0.1, -0.05) is 57.9 Å². The maximum absolute atomic E-state index is 13.9. The van der Waals surface area contributed by atoms with Crippen LogP contribution in [-0.2, 0) is 26.2 Å². The first-order valence-corrected chi connectivity index (χ1v) is 14.8. The molecule has 0 spiro atoms. The largest absolute Gasteiger partial charge is 0.495 e. The SMILES string of the molecule is COc1ccc(N(CC(=O)N(Cc2cccc(Br)c2)[C@H](C)C(=O)NC(C)C)S(=O)(=O)c2ccccc2)cc1Cl. The molecule has 39 heavy (non-hydrogen) atoms. The summed E-state index contributed by atoms with van der Waals surface area (Å²) in [6.45, 7) is 4.80. The van der Waals surface area contributed by atoms with Crippen LogP contribution >= 0.6 is 27.5 Å². The Labute approximate surface area is 243 Å². The predicted molar refractivity (Wildman–Crippen MR) is 156 cm³/mol. The van der Waals surface area contributed by atoms with E-state index in [9.17, 15) is 18.0 Å². The second kappa shape index (κ2) is 13.3. The molecule has 0 saturated carbocycles. The molecule has 11 heteroatoms. The maximum Gasteiger partial charge on any atom is 0.264 e. The number of sulfonamides is 1. The normalized spacial score (nSPS) is 12.1. The molecule has 0 heterocycles. The number of methoxy groups -OCH3 is 1. The topological polar surface area (TPSA) is 96.0 Å². The van der Waals surface area contributed by atoms with Crippen molar-refractivity contribution < 1.29 is 22.7 Å². The Morgan fingerprint density at radius 2 is 1.69 bits per heavy atom. The Morgan fingerprint density at radius 1 is 1.00 bits per heavy atom. The van der Waals surface area contributed by atoms with Crippen LogP contribution in [0.2, 0.25) is 5.02 Å². The van der Waals surface area contributed by atoms with Crippen molar-refractivity contribution in [3.05, 3.63) is 87.9 Å². The number of anilines is 1. The lowest BCUT2D eigenvalue weighted by atomic mass is 10.1. The Balaban J connectivity index is 2.06. The van der Waals surface area contributed by atoms with E-state index in [0.717, 1.165) is 14.3 Å². The Hall–Kier alpha value is -3.08.